The lowest BCUT2D eigenvalue weighted by Crippen LogP contribution is -2.61. The number of rotatable bonds is 6. The summed E-state index contributed by atoms with van der Waals surface area (Å²) in [7, 11) is 2.40. The lowest BCUT2D eigenvalue weighted by Gasteiger charge is -2.51. The van der Waals surface area contributed by atoms with Crippen LogP contribution in [0, 0.1) is 11.8 Å². The van der Waals surface area contributed by atoms with Crippen molar-refractivity contribution >= 4 is 5.97 Å². The normalized spacial score (nSPS) is 28.5. The van der Waals surface area contributed by atoms with Gasteiger partial charge in [0.05, 0.1) is 38.3 Å². The predicted molar refractivity (Wildman–Crippen MR) is 103 cm³/mol. The van der Waals surface area contributed by atoms with Crippen molar-refractivity contribution < 1.29 is 18.8 Å². The van der Waals surface area contributed by atoms with Gasteiger partial charge < -0.3 is 14.0 Å². The minimum absolute atomic E-state index is 0.212. The molecule has 1 aromatic carbocycles. The molecule has 1 aromatic rings. The molecular weight excluding hydrogens is 326 g/mol. The smallest absolute Gasteiger partial charge is 0.338 e. The van der Waals surface area contributed by atoms with E-state index in [1.165, 1.54) is 49.7 Å². The summed E-state index contributed by atoms with van der Waals surface area (Å²) in [6.45, 7) is 8.05. The first-order valence-electron chi connectivity index (χ1n) is 10.2. The van der Waals surface area contributed by atoms with E-state index < -0.39 is 0 Å². The van der Waals surface area contributed by atoms with Gasteiger partial charge in [-0.05, 0) is 55.9 Å². The summed E-state index contributed by atoms with van der Waals surface area (Å²) in [5.74, 6) is 1.58. The van der Waals surface area contributed by atoms with Crippen LogP contribution in [0.2, 0.25) is 0 Å². The van der Waals surface area contributed by atoms with Gasteiger partial charge in [-0.2, -0.15) is 0 Å². The third-order valence-electron chi connectivity index (χ3n) is 6.11. The summed E-state index contributed by atoms with van der Waals surface area (Å²) in [5, 5.41) is 0. The molecule has 0 aliphatic carbocycles. The van der Waals surface area contributed by atoms with Crippen LogP contribution in [0.15, 0.2) is 24.3 Å². The molecule has 0 saturated carbocycles. The van der Waals surface area contributed by atoms with E-state index in [4.69, 9.17) is 9.47 Å². The second-order valence-electron chi connectivity index (χ2n) is 8.72. The number of piperidine rings is 2. The van der Waals surface area contributed by atoms with Crippen molar-refractivity contribution in [1.29, 1.82) is 0 Å². The first-order chi connectivity index (χ1) is 12.5. The molecule has 3 atom stereocenters. The molecule has 2 heterocycles. The number of nitrogens with zero attached hydrogens (tertiary/aromatic N) is 1. The maximum absolute atomic E-state index is 12.4. The third kappa shape index (κ3) is 4.59. The van der Waals surface area contributed by atoms with Crippen LogP contribution in [0.25, 0.3) is 0 Å². The molecule has 0 N–H and O–H groups in total. The molecule has 4 heteroatoms. The van der Waals surface area contributed by atoms with Crippen LogP contribution >= 0.6 is 0 Å². The lowest BCUT2D eigenvalue weighted by molar-refractivity contribution is -0.947. The van der Waals surface area contributed by atoms with E-state index in [2.05, 4.69) is 20.9 Å². The Morgan fingerprint density at radius 1 is 1.12 bits per heavy atom. The van der Waals surface area contributed by atoms with Gasteiger partial charge in [0.15, 0.2) is 0 Å². The second-order valence-corrected chi connectivity index (χ2v) is 8.72. The lowest BCUT2D eigenvalue weighted by atomic mass is 9.82. The van der Waals surface area contributed by atoms with E-state index in [1.54, 1.807) is 12.1 Å². The van der Waals surface area contributed by atoms with Crippen LogP contribution in [-0.2, 0) is 4.74 Å². The summed E-state index contributed by atoms with van der Waals surface area (Å²) in [5.41, 5.74) is 0.610. The van der Waals surface area contributed by atoms with Crippen LogP contribution in [0.1, 0.15) is 56.3 Å². The zero-order chi connectivity index (χ0) is 18.6. The fourth-order valence-corrected chi connectivity index (χ4v) is 4.64. The molecule has 26 heavy (non-hydrogen) atoms. The molecule has 144 valence electrons. The number of fused-ring (bicyclic) bond motifs is 1. The van der Waals surface area contributed by atoms with Gasteiger partial charge in [-0.1, -0.05) is 13.8 Å². The van der Waals surface area contributed by atoms with Crippen molar-refractivity contribution in [3.8, 4) is 5.75 Å². The van der Waals surface area contributed by atoms with Gasteiger partial charge in [-0.15, -0.1) is 0 Å². The highest BCUT2D eigenvalue weighted by atomic mass is 16.5. The Kier molecular flexibility index (Phi) is 6.23. The number of esters is 1. The molecule has 3 rings (SSSR count). The molecule has 2 saturated heterocycles. The SMILES string of the molecule is CC(C)COc1ccc(C(=O)OC[C@@H]2CCC[N@@+]3(C)CCCC[C@@H]23)cc1. The molecule has 0 spiro atoms. The average Bonchev–Trinajstić information content (AvgIpc) is 2.64. The first-order valence-corrected chi connectivity index (χ1v) is 10.2. The Balaban J connectivity index is 1.53. The van der Waals surface area contributed by atoms with E-state index in [0.717, 1.165) is 5.75 Å². The molecule has 0 unspecified atom stereocenters. The van der Waals surface area contributed by atoms with Gasteiger partial charge in [0.25, 0.3) is 0 Å². The van der Waals surface area contributed by atoms with Crippen LogP contribution in [0.5, 0.6) is 5.75 Å². The van der Waals surface area contributed by atoms with Crippen molar-refractivity contribution in [3.05, 3.63) is 29.8 Å². The fraction of sp³-hybridized carbons (Fsp3) is 0.682. The summed E-state index contributed by atoms with van der Waals surface area (Å²) in [6, 6.07) is 7.99. The van der Waals surface area contributed by atoms with E-state index in [0.29, 0.717) is 36.7 Å². The molecule has 4 nitrogen and oxygen atoms in total. The average molecular weight is 361 g/mol. The Morgan fingerprint density at radius 3 is 2.58 bits per heavy atom. The van der Waals surface area contributed by atoms with Gasteiger partial charge in [0.1, 0.15) is 12.4 Å². The monoisotopic (exact) mass is 360 g/mol. The maximum Gasteiger partial charge on any atom is 0.338 e. The van der Waals surface area contributed by atoms with Crippen molar-refractivity contribution in [3.63, 3.8) is 0 Å². The Hall–Kier alpha value is -1.55. The largest absolute Gasteiger partial charge is 0.493 e. The number of carbonyl (C=O) groups is 1. The summed E-state index contributed by atoms with van der Waals surface area (Å²) in [4.78, 5) is 12.4. The van der Waals surface area contributed by atoms with E-state index in [-0.39, 0.29) is 5.97 Å². The maximum atomic E-state index is 12.4. The van der Waals surface area contributed by atoms with E-state index in [1.807, 2.05) is 12.1 Å². The van der Waals surface area contributed by atoms with Crippen molar-refractivity contribution in [2.24, 2.45) is 11.8 Å². The van der Waals surface area contributed by atoms with Gasteiger partial charge in [-0.25, -0.2) is 4.79 Å². The van der Waals surface area contributed by atoms with E-state index >= 15 is 0 Å². The minimum atomic E-state index is -0.212. The number of hydrogen-bond acceptors (Lipinski definition) is 3. The molecule has 2 fully saturated rings. The molecule has 0 radical (unpaired) electrons. The van der Waals surface area contributed by atoms with Crippen LogP contribution < -0.4 is 4.74 Å². The fourth-order valence-electron chi connectivity index (χ4n) is 4.64. The van der Waals surface area contributed by atoms with Gasteiger partial charge in [0.2, 0.25) is 0 Å². The zero-order valence-electron chi connectivity index (χ0n) is 16.6. The Labute approximate surface area is 158 Å². The van der Waals surface area contributed by atoms with Crippen molar-refractivity contribution in [2.75, 3.05) is 33.4 Å². The molecule has 2 aliphatic heterocycles. The molecule has 2 aliphatic rings. The topological polar surface area (TPSA) is 35.5 Å². The highest BCUT2D eigenvalue weighted by molar-refractivity contribution is 5.89. The first kappa shape index (κ1) is 19.2. The number of carbonyl (C=O) groups excluding carboxylic acids is 1. The quantitative estimate of drug-likeness (QED) is 0.561. The molecule has 0 amide bonds. The number of hydrogen-bond donors (Lipinski definition) is 0. The third-order valence-corrected chi connectivity index (χ3v) is 6.11. The summed E-state index contributed by atoms with van der Waals surface area (Å²) >= 11 is 0. The zero-order valence-corrected chi connectivity index (χ0v) is 16.6. The van der Waals surface area contributed by atoms with Crippen LogP contribution in [0.4, 0.5) is 0 Å². The number of benzene rings is 1. The van der Waals surface area contributed by atoms with Crippen molar-refractivity contribution in [2.45, 2.75) is 52.0 Å². The molecule has 0 aromatic heterocycles. The summed E-state index contributed by atoms with van der Waals surface area (Å²) < 4.78 is 12.6. The Morgan fingerprint density at radius 2 is 1.85 bits per heavy atom. The highest BCUT2D eigenvalue weighted by Crippen LogP contribution is 2.36. The summed E-state index contributed by atoms with van der Waals surface area (Å²) in [6.07, 6.45) is 6.37. The predicted octanol–water partition coefficient (Wildman–Crippen LogP) is 4.29. The van der Waals surface area contributed by atoms with Crippen LogP contribution in [-0.4, -0.2) is 49.8 Å². The highest BCUT2D eigenvalue weighted by Gasteiger charge is 2.43. The minimum Gasteiger partial charge on any atom is -0.493 e. The second kappa shape index (κ2) is 8.43. The van der Waals surface area contributed by atoms with Crippen LogP contribution in [0.3, 0.4) is 0 Å². The molecule has 0 bridgehead atoms. The van der Waals surface area contributed by atoms with Gasteiger partial charge in [0, 0.05) is 12.3 Å². The number of ether oxygens (including phenoxy) is 2. The standard InChI is InChI=1S/C22H34NO3/c1-17(2)15-25-20-11-9-18(10-12-20)22(24)26-16-19-7-6-14-23(3)13-5-4-8-21(19)23/h9-12,17,19,21H,4-8,13-16H2,1-3H3/q+1/t19-,21-,23+/m0/s1. The van der Waals surface area contributed by atoms with Crippen molar-refractivity contribution in [1.82, 2.24) is 0 Å². The Bertz CT molecular complexity index is 594. The van der Waals surface area contributed by atoms with E-state index in [9.17, 15) is 4.79 Å². The van der Waals surface area contributed by atoms with Gasteiger partial charge in [-0.3, -0.25) is 0 Å². The number of quaternary nitrogens is 1. The molecular formula is C22H34NO3+. The van der Waals surface area contributed by atoms with Gasteiger partial charge >= 0.3 is 5.97 Å².